The Bertz CT molecular complexity index is 818. The van der Waals surface area contributed by atoms with E-state index in [1.807, 2.05) is 44.2 Å². The Morgan fingerprint density at radius 2 is 1.24 bits per heavy atom. The Morgan fingerprint density at radius 3 is 1.70 bits per heavy atom. The topological polar surface area (TPSA) is 44.8 Å². The molecule has 2 rings (SSSR count). The quantitative estimate of drug-likeness (QED) is 0.175. The van der Waals surface area contributed by atoms with Gasteiger partial charge in [0.25, 0.3) is 0 Å². The summed E-state index contributed by atoms with van der Waals surface area (Å²) in [4.78, 5) is 13.4. The molecule has 0 saturated heterocycles. The molecule has 0 bridgehead atoms. The van der Waals surface area contributed by atoms with Gasteiger partial charge in [-0.05, 0) is 52.8 Å². The maximum absolute atomic E-state index is 13.4. The van der Waals surface area contributed by atoms with Gasteiger partial charge in [-0.2, -0.15) is 0 Å². The molecule has 0 N–H and O–H groups in total. The number of benzene rings is 2. The second-order valence-electron chi connectivity index (χ2n) is 8.12. The molecule has 0 heterocycles. The number of aryl methyl sites for hydroxylation is 2. The van der Waals surface area contributed by atoms with Gasteiger partial charge in [-0.1, -0.05) is 58.2 Å². The van der Waals surface area contributed by atoms with Gasteiger partial charge in [0.1, 0.15) is 17.2 Å². The van der Waals surface area contributed by atoms with Gasteiger partial charge < -0.3 is 14.2 Å². The summed E-state index contributed by atoms with van der Waals surface area (Å²) < 4.78 is 18.3. The van der Waals surface area contributed by atoms with Crippen molar-refractivity contribution in [1.29, 1.82) is 0 Å². The third-order valence-corrected chi connectivity index (χ3v) is 6.48. The average Bonchev–Trinajstić information content (AvgIpc) is 2.76. The number of ether oxygens (including phenoxy) is 3. The fourth-order valence-electron chi connectivity index (χ4n) is 3.34. The first-order chi connectivity index (χ1) is 15.5. The van der Waals surface area contributed by atoms with Gasteiger partial charge in [-0.15, -0.1) is 0 Å². The monoisotopic (exact) mass is 466 g/mol. The van der Waals surface area contributed by atoms with E-state index in [9.17, 15) is 4.79 Å². The molecule has 1 unspecified atom stereocenters. The van der Waals surface area contributed by atoms with Crippen molar-refractivity contribution < 1.29 is 19.0 Å². The van der Waals surface area contributed by atoms with Gasteiger partial charge in [0, 0.05) is 17.7 Å². The fourth-order valence-corrected chi connectivity index (χ4v) is 4.62. The molecule has 6 heteroatoms. The molecule has 0 radical (unpaired) electrons. The standard InChI is InChI=1S/C27H39O4P.Li.H/c1-6-9-15-29-22-18-23(30-16-10-7-2)26(24(19-22)31-17-11-8-3)32-27(28)25-20(4)13-12-14-21(25)5;;/h12-14,18-19,32H,6-11,15-17H2,1-5H3;;. The van der Waals surface area contributed by atoms with Crippen molar-refractivity contribution in [2.45, 2.75) is 73.1 Å². The molecule has 0 spiro atoms. The SMILES string of the molecule is CCCCOc1cc(OCCCC)c(PC(=O)c2c(C)cccc2C)c(OCCCC)c1.[LiH]. The first kappa shape index (κ1) is 29.6. The van der Waals surface area contributed by atoms with Crippen LogP contribution in [0.25, 0.3) is 0 Å². The summed E-state index contributed by atoms with van der Waals surface area (Å²) in [5.74, 6) is 2.15. The fraction of sp³-hybridized carbons (Fsp3) is 0.519. The molecular weight excluding hydrogens is 426 g/mol. The summed E-state index contributed by atoms with van der Waals surface area (Å²) in [6.07, 6.45) is 6.08. The predicted molar refractivity (Wildman–Crippen MR) is 143 cm³/mol. The number of carbonyl (C=O) groups is 1. The molecule has 0 saturated carbocycles. The van der Waals surface area contributed by atoms with Crippen molar-refractivity contribution in [2.75, 3.05) is 19.8 Å². The zero-order valence-corrected chi connectivity index (χ0v) is 21.4. The van der Waals surface area contributed by atoms with E-state index in [2.05, 4.69) is 20.8 Å². The number of hydrogen-bond donors (Lipinski definition) is 0. The van der Waals surface area contributed by atoms with Crippen LogP contribution < -0.4 is 19.5 Å². The van der Waals surface area contributed by atoms with E-state index in [1.54, 1.807) is 0 Å². The van der Waals surface area contributed by atoms with Crippen molar-refractivity contribution in [3.8, 4) is 17.2 Å². The van der Waals surface area contributed by atoms with Crippen LogP contribution in [0.3, 0.4) is 0 Å². The molecule has 0 fully saturated rings. The first-order valence-corrected chi connectivity index (χ1v) is 13.0. The van der Waals surface area contributed by atoms with Gasteiger partial charge >= 0.3 is 18.9 Å². The van der Waals surface area contributed by atoms with Crippen molar-refractivity contribution >= 4 is 38.3 Å². The number of unbranched alkanes of at least 4 members (excludes halogenated alkanes) is 3. The number of hydrogen-bond acceptors (Lipinski definition) is 4. The van der Waals surface area contributed by atoms with Crippen LogP contribution in [0.4, 0.5) is 0 Å². The van der Waals surface area contributed by atoms with Crippen LogP contribution >= 0.6 is 8.58 Å². The molecule has 0 aliphatic heterocycles. The van der Waals surface area contributed by atoms with Gasteiger partial charge in [0.2, 0.25) is 0 Å². The molecule has 4 nitrogen and oxygen atoms in total. The summed E-state index contributed by atoms with van der Waals surface area (Å²) >= 11 is 0. The van der Waals surface area contributed by atoms with Crippen LogP contribution in [0.1, 0.15) is 80.8 Å². The summed E-state index contributed by atoms with van der Waals surface area (Å²) in [5, 5.41) is 0.840. The second kappa shape index (κ2) is 16.2. The van der Waals surface area contributed by atoms with E-state index in [0.29, 0.717) is 31.3 Å². The molecule has 33 heavy (non-hydrogen) atoms. The molecular formula is C27H40LiO4P. The minimum atomic E-state index is -0.0757. The van der Waals surface area contributed by atoms with E-state index in [-0.39, 0.29) is 33.0 Å². The zero-order valence-electron chi connectivity index (χ0n) is 20.4. The van der Waals surface area contributed by atoms with Gasteiger partial charge in [0.05, 0.1) is 25.1 Å². The summed E-state index contributed by atoms with van der Waals surface area (Å²) in [6, 6.07) is 9.83. The average molecular weight is 467 g/mol. The molecule has 0 amide bonds. The van der Waals surface area contributed by atoms with E-state index >= 15 is 0 Å². The Kier molecular flexibility index (Phi) is 14.5. The minimum absolute atomic E-state index is 0. The van der Waals surface area contributed by atoms with Gasteiger partial charge in [-0.3, -0.25) is 4.79 Å². The van der Waals surface area contributed by atoms with Crippen LogP contribution in [0, 0.1) is 13.8 Å². The van der Waals surface area contributed by atoms with Crippen molar-refractivity contribution in [1.82, 2.24) is 0 Å². The third-order valence-electron chi connectivity index (χ3n) is 5.26. The molecule has 0 aromatic heterocycles. The van der Waals surface area contributed by atoms with Crippen molar-refractivity contribution in [3.05, 3.63) is 47.0 Å². The summed E-state index contributed by atoms with van der Waals surface area (Å²) in [7, 11) is -0.0757. The summed E-state index contributed by atoms with van der Waals surface area (Å²) in [5.41, 5.74) is 2.92. The van der Waals surface area contributed by atoms with Gasteiger partial charge in [0.15, 0.2) is 5.52 Å². The van der Waals surface area contributed by atoms with Crippen LogP contribution in [0.2, 0.25) is 0 Å². The Morgan fingerprint density at radius 1 is 0.788 bits per heavy atom. The van der Waals surface area contributed by atoms with E-state index in [1.165, 1.54) is 0 Å². The Balaban J connectivity index is 0.00000544. The van der Waals surface area contributed by atoms with Crippen molar-refractivity contribution in [2.24, 2.45) is 0 Å². The van der Waals surface area contributed by atoms with Crippen LogP contribution in [0.5, 0.6) is 17.2 Å². The maximum atomic E-state index is 13.4. The van der Waals surface area contributed by atoms with Crippen LogP contribution in [-0.2, 0) is 0 Å². The molecule has 0 aliphatic carbocycles. The van der Waals surface area contributed by atoms with E-state index in [0.717, 1.165) is 66.3 Å². The van der Waals surface area contributed by atoms with Crippen LogP contribution in [-0.4, -0.2) is 44.2 Å². The first-order valence-electron chi connectivity index (χ1n) is 12.0. The third kappa shape index (κ3) is 9.36. The van der Waals surface area contributed by atoms with Gasteiger partial charge in [-0.25, -0.2) is 0 Å². The predicted octanol–water partition coefficient (Wildman–Crippen LogP) is 6.34. The number of rotatable bonds is 15. The normalized spacial score (nSPS) is 10.8. The number of carbonyl (C=O) groups excluding carboxylic acids is 1. The zero-order chi connectivity index (χ0) is 23.3. The van der Waals surface area contributed by atoms with Crippen molar-refractivity contribution in [3.63, 3.8) is 0 Å². The second-order valence-corrected chi connectivity index (χ2v) is 9.33. The molecule has 1 atom stereocenters. The molecule has 2 aromatic carbocycles. The van der Waals surface area contributed by atoms with E-state index < -0.39 is 0 Å². The Hall–Kier alpha value is -1.46. The van der Waals surface area contributed by atoms with E-state index in [4.69, 9.17) is 14.2 Å². The summed E-state index contributed by atoms with van der Waals surface area (Å²) in [6.45, 7) is 12.3. The Labute approximate surface area is 214 Å². The molecule has 178 valence electrons. The van der Waals surface area contributed by atoms with Crippen LogP contribution in [0.15, 0.2) is 30.3 Å². The molecule has 2 aromatic rings. The molecule has 0 aliphatic rings.